The van der Waals surface area contributed by atoms with E-state index in [9.17, 15) is 8.39 Å². The van der Waals surface area contributed by atoms with Gasteiger partial charge in [0.1, 0.15) is 0 Å². The lowest BCUT2D eigenvalue weighted by Crippen LogP contribution is -1.45. The van der Waals surface area contributed by atoms with Crippen molar-refractivity contribution in [3.8, 4) is 0 Å². The van der Waals surface area contributed by atoms with E-state index in [0.29, 0.717) is 0 Å². The number of hydrogen-bond donors (Lipinski definition) is 1. The van der Waals surface area contributed by atoms with Gasteiger partial charge in [0.05, 0.1) is 0 Å². The first kappa shape index (κ1) is 9.38. The molecule has 0 rings (SSSR count). The van der Waals surface area contributed by atoms with Crippen molar-refractivity contribution >= 4 is 7.99 Å². The summed E-state index contributed by atoms with van der Waals surface area (Å²) in [5.41, 5.74) is 0. The second-order valence-electron chi connectivity index (χ2n) is 0.435. The second kappa shape index (κ2) is 2.23. The standard InChI is InChI=1S/F2HO2P.H2O/c1-5(2,3)4;/h(H,3,4);1H2. The third kappa shape index (κ3) is 363000. The Bertz CT molecular complexity index is 54.9. The van der Waals surface area contributed by atoms with Gasteiger partial charge in [0.2, 0.25) is 0 Å². The highest BCUT2D eigenvalue weighted by atomic mass is 31.2. The van der Waals surface area contributed by atoms with Crippen LogP contribution in [0.2, 0.25) is 0 Å². The molecule has 0 fully saturated rings. The van der Waals surface area contributed by atoms with E-state index in [1.165, 1.54) is 0 Å². The van der Waals surface area contributed by atoms with Gasteiger partial charge in [-0.25, -0.2) is 4.57 Å². The first-order chi connectivity index (χ1) is 2.00. The predicted octanol–water partition coefficient (Wildman–Crippen LogP) is 0.201. The molecule has 0 aliphatic heterocycles. The molecule has 0 bridgehead atoms. The Balaban J connectivity index is 0. The van der Waals surface area contributed by atoms with Crippen molar-refractivity contribution in [1.29, 1.82) is 0 Å². The van der Waals surface area contributed by atoms with Crippen LogP contribution in [0.4, 0.5) is 8.39 Å². The van der Waals surface area contributed by atoms with Crippen LogP contribution in [0.3, 0.4) is 0 Å². The molecule has 0 unspecified atom stereocenters. The van der Waals surface area contributed by atoms with Crippen LogP contribution < -0.4 is 0 Å². The van der Waals surface area contributed by atoms with Crippen molar-refractivity contribution in [2.75, 3.05) is 0 Å². The highest BCUT2D eigenvalue weighted by Crippen LogP contribution is 2.43. The van der Waals surface area contributed by atoms with Crippen molar-refractivity contribution in [2.24, 2.45) is 0 Å². The average molecular weight is 120 g/mol. The fourth-order valence-corrected chi connectivity index (χ4v) is 0. The van der Waals surface area contributed by atoms with Crippen LogP contribution in [-0.2, 0) is 4.57 Å². The Morgan fingerprint density at radius 1 is 1.50 bits per heavy atom. The summed E-state index contributed by atoms with van der Waals surface area (Å²) >= 11 is 0. The van der Waals surface area contributed by atoms with Crippen molar-refractivity contribution in [3.63, 3.8) is 0 Å². The van der Waals surface area contributed by atoms with Gasteiger partial charge in [0.25, 0.3) is 0 Å². The third-order valence-corrected chi connectivity index (χ3v) is 0. The highest BCUT2D eigenvalue weighted by molar-refractivity contribution is 7.46. The molecule has 0 saturated heterocycles. The lowest BCUT2D eigenvalue weighted by Gasteiger charge is -1.73. The van der Waals surface area contributed by atoms with Crippen molar-refractivity contribution in [2.45, 2.75) is 0 Å². The quantitative estimate of drug-likeness (QED) is 0.464. The van der Waals surface area contributed by atoms with E-state index >= 15 is 0 Å². The fourth-order valence-electron chi connectivity index (χ4n) is 0. The molecular weight excluding hydrogens is 117 g/mol. The first-order valence-corrected chi connectivity index (χ1v) is 2.16. The summed E-state index contributed by atoms with van der Waals surface area (Å²) in [6.07, 6.45) is 0. The Morgan fingerprint density at radius 3 is 1.50 bits per heavy atom. The molecule has 3 nitrogen and oxygen atoms in total. The van der Waals surface area contributed by atoms with Gasteiger partial charge >= 0.3 is 7.99 Å². The van der Waals surface area contributed by atoms with Crippen LogP contribution in [0.25, 0.3) is 0 Å². The van der Waals surface area contributed by atoms with Gasteiger partial charge in [-0.1, -0.05) is 0 Å². The van der Waals surface area contributed by atoms with Crippen LogP contribution in [0.5, 0.6) is 0 Å². The van der Waals surface area contributed by atoms with Crippen LogP contribution in [0, 0.1) is 0 Å². The summed E-state index contributed by atoms with van der Waals surface area (Å²) in [5.74, 6) is 0. The van der Waals surface area contributed by atoms with Gasteiger partial charge in [-0.15, -0.1) is 8.39 Å². The number of hydrogen-bond acceptors (Lipinski definition) is 1. The third-order valence-electron chi connectivity index (χ3n) is 0. The minimum atomic E-state index is -5.64. The lowest BCUT2D eigenvalue weighted by molar-refractivity contribution is 0.376. The molecule has 0 aromatic heterocycles. The summed E-state index contributed by atoms with van der Waals surface area (Å²) in [7, 11) is -5.64. The first-order valence-electron chi connectivity index (χ1n) is 0.721. The largest absolute Gasteiger partial charge is 0.549 e. The molecule has 0 aliphatic rings. The van der Waals surface area contributed by atoms with E-state index in [1.54, 1.807) is 0 Å². The summed E-state index contributed by atoms with van der Waals surface area (Å²) < 4.78 is 28.7. The van der Waals surface area contributed by atoms with Gasteiger partial charge in [-0.3, -0.25) is 4.89 Å². The van der Waals surface area contributed by atoms with E-state index in [0.717, 1.165) is 0 Å². The van der Waals surface area contributed by atoms with E-state index < -0.39 is 7.99 Å². The minimum absolute atomic E-state index is 0. The predicted molar refractivity (Wildman–Crippen MR) is 15.7 cm³/mol. The molecule has 0 aromatic rings. The molecule has 0 saturated carbocycles. The Labute approximate surface area is 32.6 Å². The zero-order chi connectivity index (χ0) is 4.50. The number of halogens is 2. The minimum Gasteiger partial charge on any atom is -0.412 e. The molecule has 0 amide bonds. The van der Waals surface area contributed by atoms with Crippen LogP contribution in [-0.4, -0.2) is 10.4 Å². The van der Waals surface area contributed by atoms with Gasteiger partial charge in [-0.2, -0.15) is 0 Å². The van der Waals surface area contributed by atoms with Gasteiger partial charge in [0, 0.05) is 0 Å². The molecule has 3 N–H and O–H groups in total. The van der Waals surface area contributed by atoms with E-state index in [1.807, 2.05) is 0 Å². The van der Waals surface area contributed by atoms with Crippen molar-refractivity contribution in [1.82, 2.24) is 0 Å². The van der Waals surface area contributed by atoms with Gasteiger partial charge in [-0.05, 0) is 0 Å². The molecule has 40 valence electrons. The summed E-state index contributed by atoms with van der Waals surface area (Å²) in [6, 6.07) is 0. The summed E-state index contributed by atoms with van der Waals surface area (Å²) in [5, 5.41) is 0. The average Bonchev–Trinajstić information content (AvgIpc) is 0.722. The summed E-state index contributed by atoms with van der Waals surface area (Å²) in [6.45, 7) is 0. The fraction of sp³-hybridized carbons (Fsp3) is 0. The van der Waals surface area contributed by atoms with Gasteiger partial charge in [0.15, 0.2) is 0 Å². The van der Waals surface area contributed by atoms with E-state index in [2.05, 4.69) is 0 Å². The normalized spacial score (nSPS) is 9.83. The molecular formula is H3F2O3P. The van der Waals surface area contributed by atoms with Gasteiger partial charge < -0.3 is 5.48 Å². The Kier molecular flexibility index (Phi) is 3.49. The molecule has 0 radical (unpaired) electrons. The Hall–Kier alpha value is 0.01000. The van der Waals surface area contributed by atoms with E-state index in [4.69, 9.17) is 9.46 Å². The monoisotopic (exact) mass is 120 g/mol. The Morgan fingerprint density at radius 2 is 1.50 bits per heavy atom. The number of rotatable bonds is 0. The molecule has 6 heavy (non-hydrogen) atoms. The maximum Gasteiger partial charge on any atom is 0.549 e. The molecule has 0 atom stereocenters. The zero-order valence-corrected chi connectivity index (χ0v) is 3.45. The summed E-state index contributed by atoms with van der Waals surface area (Å²) in [4.78, 5) is 6.74. The smallest absolute Gasteiger partial charge is 0.412 e. The zero-order valence-electron chi connectivity index (χ0n) is 2.56. The van der Waals surface area contributed by atoms with Crippen molar-refractivity contribution < 1.29 is 23.3 Å². The molecule has 6 heteroatoms. The van der Waals surface area contributed by atoms with E-state index in [-0.39, 0.29) is 5.48 Å². The highest BCUT2D eigenvalue weighted by Gasteiger charge is 2.09. The molecule has 0 aliphatic carbocycles. The molecule has 0 heterocycles. The van der Waals surface area contributed by atoms with Crippen LogP contribution in [0.15, 0.2) is 0 Å². The SMILES string of the molecule is O.O=P(O)(F)F. The van der Waals surface area contributed by atoms with Crippen LogP contribution >= 0.6 is 7.99 Å². The second-order valence-corrected chi connectivity index (χ2v) is 1.30. The van der Waals surface area contributed by atoms with Crippen molar-refractivity contribution in [3.05, 3.63) is 0 Å². The molecule has 0 spiro atoms. The lowest BCUT2D eigenvalue weighted by atomic mass is 15.9. The van der Waals surface area contributed by atoms with Crippen LogP contribution in [0.1, 0.15) is 0 Å². The maximum atomic E-state index is 10.1. The molecule has 0 aromatic carbocycles. The maximum absolute atomic E-state index is 10.1. The topological polar surface area (TPSA) is 68.8 Å².